The second-order valence-corrected chi connectivity index (χ2v) is 6.92. The zero-order valence-corrected chi connectivity index (χ0v) is 13.6. The first-order valence-corrected chi connectivity index (χ1v) is 9.01. The number of likely N-dealkylation sites (N-methyl/N-ethyl adjacent to an activating group) is 1. The largest absolute Gasteiger partial charge is 0.381 e. The van der Waals surface area contributed by atoms with Gasteiger partial charge in [0.1, 0.15) is 0 Å². The SMILES string of the molecule is CCNC(C1CCCOC1)C1(N2CCOCC2)CCCC1. The number of rotatable bonds is 5. The predicted molar refractivity (Wildman–Crippen MR) is 84.6 cm³/mol. The van der Waals surface area contributed by atoms with Gasteiger partial charge in [0.05, 0.1) is 19.8 Å². The Hall–Kier alpha value is -0.160. The van der Waals surface area contributed by atoms with E-state index in [4.69, 9.17) is 9.47 Å². The van der Waals surface area contributed by atoms with Gasteiger partial charge in [0.15, 0.2) is 0 Å². The fraction of sp³-hybridized carbons (Fsp3) is 1.00. The normalized spacial score (nSPS) is 32.1. The Labute approximate surface area is 129 Å². The Bertz CT molecular complexity index is 306. The van der Waals surface area contributed by atoms with E-state index in [0.717, 1.165) is 46.1 Å². The fourth-order valence-electron chi connectivity index (χ4n) is 4.86. The summed E-state index contributed by atoms with van der Waals surface area (Å²) in [5.41, 5.74) is 0.352. The Morgan fingerprint density at radius 1 is 1.10 bits per heavy atom. The highest BCUT2D eigenvalue weighted by molar-refractivity contribution is 5.06. The Morgan fingerprint density at radius 2 is 1.86 bits per heavy atom. The lowest BCUT2D eigenvalue weighted by Crippen LogP contribution is -2.65. The van der Waals surface area contributed by atoms with Crippen molar-refractivity contribution in [1.29, 1.82) is 0 Å². The number of morpholine rings is 1. The van der Waals surface area contributed by atoms with Crippen LogP contribution in [0, 0.1) is 5.92 Å². The molecular formula is C17H32N2O2. The van der Waals surface area contributed by atoms with Gasteiger partial charge in [-0.1, -0.05) is 19.8 Å². The lowest BCUT2D eigenvalue weighted by molar-refractivity contribution is -0.0607. The summed E-state index contributed by atoms with van der Waals surface area (Å²) in [6.45, 7) is 9.24. The third-order valence-electron chi connectivity index (χ3n) is 5.78. The Balaban J connectivity index is 1.80. The molecule has 1 aliphatic carbocycles. The van der Waals surface area contributed by atoms with E-state index in [2.05, 4.69) is 17.1 Å². The minimum absolute atomic E-state index is 0.352. The van der Waals surface area contributed by atoms with E-state index in [-0.39, 0.29) is 0 Å². The second-order valence-electron chi connectivity index (χ2n) is 6.92. The molecule has 122 valence electrons. The van der Waals surface area contributed by atoms with Crippen LogP contribution in [0.15, 0.2) is 0 Å². The predicted octanol–water partition coefficient (Wildman–Crippen LogP) is 2.04. The van der Waals surface area contributed by atoms with Gasteiger partial charge < -0.3 is 14.8 Å². The molecule has 0 radical (unpaired) electrons. The molecular weight excluding hydrogens is 264 g/mol. The molecule has 4 heteroatoms. The van der Waals surface area contributed by atoms with Crippen molar-refractivity contribution in [3.8, 4) is 0 Å². The minimum Gasteiger partial charge on any atom is -0.381 e. The maximum absolute atomic E-state index is 5.82. The molecule has 1 N–H and O–H groups in total. The molecule has 0 aromatic heterocycles. The monoisotopic (exact) mass is 296 g/mol. The van der Waals surface area contributed by atoms with Crippen LogP contribution in [0.4, 0.5) is 0 Å². The number of nitrogens with one attached hydrogen (secondary N) is 1. The first kappa shape index (κ1) is 15.7. The summed E-state index contributed by atoms with van der Waals surface area (Å²) in [4.78, 5) is 2.76. The number of hydrogen-bond donors (Lipinski definition) is 1. The number of ether oxygens (including phenoxy) is 2. The van der Waals surface area contributed by atoms with Crippen molar-refractivity contribution in [1.82, 2.24) is 10.2 Å². The van der Waals surface area contributed by atoms with Gasteiger partial charge in [-0.3, -0.25) is 4.90 Å². The highest BCUT2D eigenvalue weighted by atomic mass is 16.5. The molecule has 2 aliphatic heterocycles. The molecule has 1 saturated carbocycles. The van der Waals surface area contributed by atoms with E-state index in [0.29, 0.717) is 17.5 Å². The average Bonchev–Trinajstić information content (AvgIpc) is 3.05. The van der Waals surface area contributed by atoms with Gasteiger partial charge in [0, 0.05) is 31.3 Å². The van der Waals surface area contributed by atoms with Crippen molar-refractivity contribution < 1.29 is 9.47 Å². The van der Waals surface area contributed by atoms with E-state index >= 15 is 0 Å². The summed E-state index contributed by atoms with van der Waals surface area (Å²) < 4.78 is 11.4. The number of nitrogens with zero attached hydrogens (tertiary/aromatic N) is 1. The molecule has 2 heterocycles. The lowest BCUT2D eigenvalue weighted by Gasteiger charge is -2.51. The zero-order chi connectivity index (χ0) is 14.5. The van der Waals surface area contributed by atoms with Gasteiger partial charge in [0.25, 0.3) is 0 Å². The smallest absolute Gasteiger partial charge is 0.0594 e. The van der Waals surface area contributed by atoms with Crippen LogP contribution >= 0.6 is 0 Å². The molecule has 3 rings (SSSR count). The topological polar surface area (TPSA) is 33.7 Å². The third kappa shape index (κ3) is 3.29. The maximum atomic E-state index is 5.82. The van der Waals surface area contributed by atoms with E-state index < -0.39 is 0 Å². The molecule has 21 heavy (non-hydrogen) atoms. The van der Waals surface area contributed by atoms with Crippen LogP contribution in [-0.4, -0.2) is 62.5 Å². The summed E-state index contributed by atoms with van der Waals surface area (Å²) in [7, 11) is 0. The van der Waals surface area contributed by atoms with Crippen molar-refractivity contribution in [3.05, 3.63) is 0 Å². The van der Waals surface area contributed by atoms with Crippen molar-refractivity contribution in [2.24, 2.45) is 5.92 Å². The zero-order valence-electron chi connectivity index (χ0n) is 13.6. The summed E-state index contributed by atoms with van der Waals surface area (Å²) in [6, 6.07) is 0.586. The van der Waals surface area contributed by atoms with Crippen LogP contribution in [0.1, 0.15) is 45.4 Å². The minimum atomic E-state index is 0.352. The van der Waals surface area contributed by atoms with E-state index in [1.807, 2.05) is 0 Å². The second kappa shape index (κ2) is 7.40. The molecule has 4 nitrogen and oxygen atoms in total. The highest BCUT2D eigenvalue weighted by Crippen LogP contribution is 2.42. The molecule has 0 aromatic carbocycles. The molecule has 3 fully saturated rings. The van der Waals surface area contributed by atoms with E-state index in [9.17, 15) is 0 Å². The molecule has 0 spiro atoms. The van der Waals surface area contributed by atoms with Crippen LogP contribution in [0.3, 0.4) is 0 Å². The lowest BCUT2D eigenvalue weighted by atomic mass is 9.76. The molecule has 0 bridgehead atoms. The fourth-order valence-corrected chi connectivity index (χ4v) is 4.86. The molecule has 2 unspecified atom stereocenters. The quantitative estimate of drug-likeness (QED) is 0.842. The molecule has 2 atom stereocenters. The number of hydrogen-bond acceptors (Lipinski definition) is 4. The third-order valence-corrected chi connectivity index (χ3v) is 5.78. The van der Waals surface area contributed by atoms with Gasteiger partial charge in [-0.2, -0.15) is 0 Å². The van der Waals surface area contributed by atoms with Crippen LogP contribution in [0.2, 0.25) is 0 Å². The van der Waals surface area contributed by atoms with Gasteiger partial charge in [-0.05, 0) is 38.1 Å². The van der Waals surface area contributed by atoms with Crippen molar-refractivity contribution in [2.45, 2.75) is 57.0 Å². The first-order chi connectivity index (χ1) is 10.4. The Kier molecular flexibility index (Phi) is 5.54. The van der Waals surface area contributed by atoms with Crippen LogP contribution < -0.4 is 5.32 Å². The first-order valence-electron chi connectivity index (χ1n) is 9.01. The van der Waals surface area contributed by atoms with Gasteiger partial charge in [-0.15, -0.1) is 0 Å². The molecule has 3 aliphatic rings. The van der Waals surface area contributed by atoms with Gasteiger partial charge in [0.2, 0.25) is 0 Å². The highest BCUT2D eigenvalue weighted by Gasteiger charge is 2.48. The summed E-state index contributed by atoms with van der Waals surface area (Å²) in [5.74, 6) is 0.680. The van der Waals surface area contributed by atoms with Crippen LogP contribution in [0.5, 0.6) is 0 Å². The van der Waals surface area contributed by atoms with Crippen molar-refractivity contribution >= 4 is 0 Å². The van der Waals surface area contributed by atoms with Crippen molar-refractivity contribution in [2.75, 3.05) is 46.1 Å². The Morgan fingerprint density at radius 3 is 2.48 bits per heavy atom. The van der Waals surface area contributed by atoms with Gasteiger partial charge >= 0.3 is 0 Å². The van der Waals surface area contributed by atoms with E-state index in [1.54, 1.807) is 0 Å². The van der Waals surface area contributed by atoms with Crippen LogP contribution in [0.25, 0.3) is 0 Å². The van der Waals surface area contributed by atoms with Gasteiger partial charge in [-0.25, -0.2) is 0 Å². The van der Waals surface area contributed by atoms with E-state index in [1.165, 1.54) is 38.5 Å². The molecule has 0 aromatic rings. The summed E-state index contributed by atoms with van der Waals surface area (Å²) in [5, 5.41) is 3.87. The average molecular weight is 296 g/mol. The summed E-state index contributed by atoms with van der Waals surface area (Å²) >= 11 is 0. The summed E-state index contributed by atoms with van der Waals surface area (Å²) in [6.07, 6.45) is 8.01. The standard InChI is InChI=1S/C17H32N2O2/c1-2-18-16(15-6-5-11-21-14-15)17(7-3-4-8-17)19-9-12-20-13-10-19/h15-16,18H,2-14H2,1H3. The molecule has 0 amide bonds. The maximum Gasteiger partial charge on any atom is 0.0594 e. The van der Waals surface area contributed by atoms with Crippen molar-refractivity contribution in [3.63, 3.8) is 0 Å². The van der Waals surface area contributed by atoms with Crippen LogP contribution in [-0.2, 0) is 9.47 Å². The molecule has 2 saturated heterocycles.